The number of nitrogens with zero attached hydrogens (tertiary/aromatic N) is 1. The van der Waals surface area contributed by atoms with E-state index < -0.39 is 5.91 Å². The van der Waals surface area contributed by atoms with Gasteiger partial charge in [0, 0.05) is 21.6 Å². The number of amides is 2. The van der Waals surface area contributed by atoms with Crippen molar-refractivity contribution in [3.63, 3.8) is 0 Å². The number of rotatable bonds is 5. The SMILES string of the molecule is NC(=O)c1cc(-c2csc(NC(=O)Cc3ccc(Br)cc3)n2)c[nH]1. The van der Waals surface area contributed by atoms with Gasteiger partial charge >= 0.3 is 0 Å². The largest absolute Gasteiger partial charge is 0.364 e. The first-order valence-electron chi connectivity index (χ1n) is 6.99. The van der Waals surface area contributed by atoms with E-state index in [2.05, 4.69) is 31.2 Å². The van der Waals surface area contributed by atoms with Crippen LogP contribution >= 0.6 is 27.3 Å². The molecule has 8 heteroatoms. The maximum atomic E-state index is 12.1. The van der Waals surface area contributed by atoms with Crippen molar-refractivity contribution in [2.24, 2.45) is 5.73 Å². The molecule has 0 saturated carbocycles. The summed E-state index contributed by atoms with van der Waals surface area (Å²) in [5.74, 6) is -0.662. The molecule has 0 spiro atoms. The second-order valence-electron chi connectivity index (χ2n) is 5.06. The van der Waals surface area contributed by atoms with E-state index in [0.29, 0.717) is 16.5 Å². The van der Waals surface area contributed by atoms with Crippen LogP contribution in [0.2, 0.25) is 0 Å². The normalized spacial score (nSPS) is 10.5. The van der Waals surface area contributed by atoms with Gasteiger partial charge in [-0.1, -0.05) is 28.1 Å². The van der Waals surface area contributed by atoms with Gasteiger partial charge in [-0.25, -0.2) is 4.98 Å². The Bertz CT molecular complexity index is 886. The minimum Gasteiger partial charge on any atom is -0.364 e. The minimum absolute atomic E-state index is 0.134. The van der Waals surface area contributed by atoms with Crippen molar-refractivity contribution in [2.45, 2.75) is 6.42 Å². The molecule has 0 saturated heterocycles. The summed E-state index contributed by atoms with van der Waals surface area (Å²) in [6, 6.07) is 9.20. The number of hydrogen-bond acceptors (Lipinski definition) is 4. The highest BCUT2D eigenvalue weighted by molar-refractivity contribution is 9.10. The number of aromatic amines is 1. The van der Waals surface area contributed by atoms with Crippen LogP contribution in [0.25, 0.3) is 11.3 Å². The highest BCUT2D eigenvalue weighted by atomic mass is 79.9. The fraction of sp³-hybridized carbons (Fsp3) is 0.0625. The van der Waals surface area contributed by atoms with Crippen LogP contribution < -0.4 is 11.1 Å². The highest BCUT2D eigenvalue weighted by Gasteiger charge is 2.11. The van der Waals surface area contributed by atoms with Crippen molar-refractivity contribution in [3.8, 4) is 11.3 Å². The number of benzene rings is 1. The van der Waals surface area contributed by atoms with Crippen LogP contribution in [-0.2, 0) is 11.2 Å². The minimum atomic E-state index is -0.528. The molecule has 2 heterocycles. The number of anilines is 1. The number of H-pyrrole nitrogens is 1. The van der Waals surface area contributed by atoms with Crippen LogP contribution in [0.5, 0.6) is 0 Å². The van der Waals surface area contributed by atoms with Crippen LogP contribution in [0.4, 0.5) is 5.13 Å². The molecule has 24 heavy (non-hydrogen) atoms. The number of thiazole rings is 1. The fourth-order valence-electron chi connectivity index (χ4n) is 2.10. The van der Waals surface area contributed by atoms with E-state index in [1.807, 2.05) is 29.6 Å². The predicted molar refractivity (Wildman–Crippen MR) is 96.9 cm³/mol. The van der Waals surface area contributed by atoms with Crippen LogP contribution in [-0.4, -0.2) is 21.8 Å². The average molecular weight is 405 g/mol. The average Bonchev–Trinajstić information content (AvgIpc) is 3.18. The number of carbonyl (C=O) groups is 2. The topological polar surface area (TPSA) is 101 Å². The zero-order valence-corrected chi connectivity index (χ0v) is 14.8. The van der Waals surface area contributed by atoms with E-state index in [1.54, 1.807) is 12.3 Å². The van der Waals surface area contributed by atoms with Gasteiger partial charge in [-0.15, -0.1) is 11.3 Å². The van der Waals surface area contributed by atoms with E-state index in [-0.39, 0.29) is 12.3 Å². The lowest BCUT2D eigenvalue weighted by atomic mass is 10.1. The molecule has 0 radical (unpaired) electrons. The van der Waals surface area contributed by atoms with Gasteiger partial charge in [-0.3, -0.25) is 9.59 Å². The van der Waals surface area contributed by atoms with Gasteiger partial charge in [0.1, 0.15) is 5.69 Å². The number of nitrogens with one attached hydrogen (secondary N) is 2. The molecule has 3 aromatic rings. The second kappa shape index (κ2) is 6.98. The molecule has 0 atom stereocenters. The molecule has 0 aliphatic carbocycles. The molecule has 122 valence electrons. The van der Waals surface area contributed by atoms with E-state index in [9.17, 15) is 9.59 Å². The standard InChI is InChI=1S/C16H13BrN4O2S/c17-11-3-1-9(2-4-11)5-14(22)21-16-20-13(8-24-16)10-6-12(15(18)23)19-7-10/h1-4,6-8,19H,5H2,(H2,18,23)(H,20,21,22). The molecule has 6 nitrogen and oxygen atoms in total. The van der Waals surface area contributed by atoms with Gasteiger partial charge in [-0.05, 0) is 23.8 Å². The van der Waals surface area contributed by atoms with Crippen molar-refractivity contribution in [1.82, 2.24) is 9.97 Å². The van der Waals surface area contributed by atoms with Crippen LogP contribution in [0.15, 0.2) is 46.4 Å². The number of primary amides is 1. The molecule has 1 aromatic carbocycles. The maximum absolute atomic E-state index is 12.1. The van der Waals surface area contributed by atoms with E-state index in [0.717, 1.165) is 15.6 Å². The molecule has 0 aliphatic rings. The number of halogens is 1. The molecular weight excluding hydrogens is 392 g/mol. The summed E-state index contributed by atoms with van der Waals surface area (Å²) >= 11 is 4.68. The quantitative estimate of drug-likeness (QED) is 0.608. The number of aromatic nitrogens is 2. The van der Waals surface area contributed by atoms with Gasteiger partial charge in [0.15, 0.2) is 5.13 Å². The number of hydrogen-bond donors (Lipinski definition) is 3. The Morgan fingerprint density at radius 2 is 2.04 bits per heavy atom. The summed E-state index contributed by atoms with van der Waals surface area (Å²) in [7, 11) is 0. The summed E-state index contributed by atoms with van der Waals surface area (Å²) in [6.07, 6.45) is 1.93. The van der Waals surface area contributed by atoms with Gasteiger partial charge in [0.25, 0.3) is 5.91 Å². The molecule has 0 bridgehead atoms. The van der Waals surface area contributed by atoms with E-state index >= 15 is 0 Å². The van der Waals surface area contributed by atoms with Crippen LogP contribution in [0.1, 0.15) is 16.1 Å². The van der Waals surface area contributed by atoms with E-state index in [1.165, 1.54) is 11.3 Å². The molecular formula is C16H13BrN4O2S. The van der Waals surface area contributed by atoms with Crippen LogP contribution in [0.3, 0.4) is 0 Å². The summed E-state index contributed by atoms with van der Waals surface area (Å²) in [4.78, 5) is 30.3. The Morgan fingerprint density at radius 1 is 1.29 bits per heavy atom. The van der Waals surface area contributed by atoms with Crippen molar-refractivity contribution in [2.75, 3.05) is 5.32 Å². The smallest absolute Gasteiger partial charge is 0.265 e. The molecule has 2 amide bonds. The first-order chi connectivity index (χ1) is 11.5. The lowest BCUT2D eigenvalue weighted by Crippen LogP contribution is -2.14. The van der Waals surface area contributed by atoms with Gasteiger partial charge < -0.3 is 16.0 Å². The van der Waals surface area contributed by atoms with E-state index in [4.69, 9.17) is 5.73 Å². The lowest BCUT2D eigenvalue weighted by molar-refractivity contribution is -0.115. The second-order valence-corrected chi connectivity index (χ2v) is 6.83. The Morgan fingerprint density at radius 3 is 2.71 bits per heavy atom. The summed E-state index contributed by atoms with van der Waals surface area (Å²) < 4.78 is 0.970. The summed E-state index contributed by atoms with van der Waals surface area (Å²) in [5.41, 5.74) is 7.86. The van der Waals surface area contributed by atoms with Crippen molar-refractivity contribution < 1.29 is 9.59 Å². The summed E-state index contributed by atoms with van der Waals surface area (Å²) in [6.45, 7) is 0. The Balaban J connectivity index is 1.65. The third-order valence-corrected chi connectivity index (χ3v) is 4.56. The maximum Gasteiger partial charge on any atom is 0.265 e. The van der Waals surface area contributed by atoms with Crippen molar-refractivity contribution in [3.05, 3.63) is 57.6 Å². The number of nitrogens with two attached hydrogens (primary N) is 1. The Hall–Kier alpha value is -2.45. The zero-order chi connectivity index (χ0) is 17.1. The molecule has 2 aromatic heterocycles. The molecule has 0 unspecified atom stereocenters. The monoisotopic (exact) mass is 404 g/mol. The first kappa shape index (κ1) is 16.4. The fourth-order valence-corrected chi connectivity index (χ4v) is 3.10. The van der Waals surface area contributed by atoms with Crippen molar-refractivity contribution in [1.29, 1.82) is 0 Å². The molecule has 3 rings (SSSR count). The lowest BCUT2D eigenvalue weighted by Gasteiger charge is -2.02. The molecule has 0 fully saturated rings. The zero-order valence-electron chi connectivity index (χ0n) is 12.4. The molecule has 4 N–H and O–H groups in total. The van der Waals surface area contributed by atoms with Gasteiger partial charge in [0.2, 0.25) is 5.91 Å². The third-order valence-electron chi connectivity index (χ3n) is 3.27. The van der Waals surface area contributed by atoms with Gasteiger partial charge in [-0.2, -0.15) is 0 Å². The third kappa shape index (κ3) is 3.90. The first-order valence-corrected chi connectivity index (χ1v) is 8.67. The van der Waals surface area contributed by atoms with Crippen LogP contribution in [0, 0.1) is 0 Å². The Kier molecular flexibility index (Phi) is 4.77. The Labute approximate surface area is 150 Å². The predicted octanol–water partition coefficient (Wildman–Crippen LogP) is 3.18. The number of carbonyl (C=O) groups excluding carboxylic acids is 2. The molecule has 0 aliphatic heterocycles. The van der Waals surface area contributed by atoms with Gasteiger partial charge in [0.05, 0.1) is 12.1 Å². The highest BCUT2D eigenvalue weighted by Crippen LogP contribution is 2.25. The summed E-state index contributed by atoms with van der Waals surface area (Å²) in [5, 5.41) is 5.10. The van der Waals surface area contributed by atoms with Crippen molar-refractivity contribution >= 4 is 44.2 Å².